The minimum absolute atomic E-state index is 0.00521. The largest absolute Gasteiger partial charge is 0.478 e. The van der Waals surface area contributed by atoms with E-state index in [1.807, 2.05) is 0 Å². The van der Waals surface area contributed by atoms with Gasteiger partial charge in [0.25, 0.3) is 5.56 Å². The summed E-state index contributed by atoms with van der Waals surface area (Å²) in [5, 5.41) is 12.0. The van der Waals surface area contributed by atoms with E-state index in [2.05, 4.69) is 5.32 Å². The van der Waals surface area contributed by atoms with Crippen LogP contribution in [0.2, 0.25) is 0 Å². The van der Waals surface area contributed by atoms with E-state index in [1.165, 1.54) is 22.9 Å². The van der Waals surface area contributed by atoms with Crippen molar-refractivity contribution in [3.05, 3.63) is 46.4 Å². The quantitative estimate of drug-likeness (QED) is 0.793. The molecule has 0 bridgehead atoms. The van der Waals surface area contributed by atoms with Crippen LogP contribution in [0.25, 0.3) is 10.8 Å². The van der Waals surface area contributed by atoms with Gasteiger partial charge in [-0.2, -0.15) is 0 Å². The molecule has 1 aliphatic rings. The molecule has 112 valence electrons. The number of hydrogen-bond acceptors (Lipinski definition) is 4. The van der Waals surface area contributed by atoms with Crippen LogP contribution >= 0.6 is 0 Å². The molecule has 1 aliphatic heterocycles. The Bertz CT molecular complexity index is 868. The number of hydrogen-bond donors (Lipinski definition) is 2. The predicted molar refractivity (Wildman–Crippen MR) is 76.6 cm³/mol. The topological polar surface area (TPSA) is 105 Å². The molecule has 0 radical (unpaired) electrons. The van der Waals surface area contributed by atoms with Gasteiger partial charge in [-0.15, -0.1) is 0 Å². The highest BCUT2D eigenvalue weighted by Crippen LogP contribution is 2.19. The Balaban J connectivity index is 2.13. The number of carbonyl (C=O) groups is 3. The minimum Gasteiger partial charge on any atom is -0.478 e. The zero-order valence-electron chi connectivity index (χ0n) is 11.4. The second-order valence-electron chi connectivity index (χ2n) is 5.10. The fourth-order valence-corrected chi connectivity index (χ4v) is 2.58. The van der Waals surface area contributed by atoms with E-state index < -0.39 is 23.5 Å². The smallest absolute Gasteiger partial charge is 0.335 e. The number of piperidine rings is 1. The van der Waals surface area contributed by atoms with Crippen molar-refractivity contribution in [2.24, 2.45) is 0 Å². The number of nitrogens with zero attached hydrogens (tertiary/aromatic N) is 1. The van der Waals surface area contributed by atoms with Gasteiger partial charge in [0.05, 0.1) is 5.56 Å². The maximum absolute atomic E-state index is 12.5. The van der Waals surface area contributed by atoms with Crippen LogP contribution in [0.3, 0.4) is 0 Å². The lowest BCUT2D eigenvalue weighted by Gasteiger charge is -2.23. The summed E-state index contributed by atoms with van der Waals surface area (Å²) in [5.74, 6) is -2.01. The lowest BCUT2D eigenvalue weighted by atomic mass is 10.0. The van der Waals surface area contributed by atoms with Crippen LogP contribution in [0.4, 0.5) is 0 Å². The van der Waals surface area contributed by atoms with Crippen LogP contribution in [0, 0.1) is 0 Å². The van der Waals surface area contributed by atoms with Crippen LogP contribution in [0.15, 0.2) is 35.3 Å². The van der Waals surface area contributed by atoms with Gasteiger partial charge < -0.3 is 9.67 Å². The number of fused-ring (bicyclic) bond motifs is 1. The molecule has 1 fully saturated rings. The average molecular weight is 300 g/mol. The molecule has 2 aromatic rings. The second kappa shape index (κ2) is 5.10. The normalized spacial score (nSPS) is 18.3. The number of rotatable bonds is 2. The van der Waals surface area contributed by atoms with E-state index in [4.69, 9.17) is 5.11 Å². The molecule has 1 aromatic carbocycles. The molecular weight excluding hydrogens is 288 g/mol. The van der Waals surface area contributed by atoms with Gasteiger partial charge in [0.15, 0.2) is 0 Å². The van der Waals surface area contributed by atoms with Crippen molar-refractivity contribution in [3.63, 3.8) is 0 Å². The first kappa shape index (κ1) is 14.0. The highest BCUT2D eigenvalue weighted by molar-refractivity contribution is 5.99. The molecule has 1 unspecified atom stereocenters. The summed E-state index contributed by atoms with van der Waals surface area (Å²) in [6, 6.07) is 5.15. The van der Waals surface area contributed by atoms with E-state index in [0.717, 1.165) is 0 Å². The van der Waals surface area contributed by atoms with Crippen LogP contribution in [-0.2, 0) is 9.59 Å². The number of benzene rings is 1. The molecule has 0 spiro atoms. The summed E-state index contributed by atoms with van der Waals surface area (Å²) < 4.78 is 1.25. The zero-order chi connectivity index (χ0) is 15.9. The Hall–Kier alpha value is -2.96. The highest BCUT2D eigenvalue weighted by Gasteiger charge is 2.28. The van der Waals surface area contributed by atoms with Crippen molar-refractivity contribution in [3.8, 4) is 0 Å². The Morgan fingerprint density at radius 1 is 1.23 bits per heavy atom. The molecule has 7 nitrogen and oxygen atoms in total. The Kier molecular flexibility index (Phi) is 3.25. The molecule has 1 aromatic heterocycles. The highest BCUT2D eigenvalue weighted by atomic mass is 16.4. The summed E-state index contributed by atoms with van der Waals surface area (Å²) in [5.41, 5.74) is -0.444. The first-order valence-corrected chi connectivity index (χ1v) is 6.69. The van der Waals surface area contributed by atoms with Gasteiger partial charge in [-0.3, -0.25) is 19.7 Å². The molecule has 2 N–H and O–H groups in total. The molecule has 7 heteroatoms. The van der Waals surface area contributed by atoms with Crippen molar-refractivity contribution in [1.82, 2.24) is 9.88 Å². The summed E-state index contributed by atoms with van der Waals surface area (Å²) in [6.45, 7) is 0. The van der Waals surface area contributed by atoms with Crippen LogP contribution in [0.5, 0.6) is 0 Å². The first-order chi connectivity index (χ1) is 10.5. The number of carboxylic acid groups (broad SMARTS) is 1. The average Bonchev–Trinajstić information content (AvgIpc) is 2.48. The molecule has 0 aliphatic carbocycles. The van der Waals surface area contributed by atoms with E-state index in [9.17, 15) is 19.2 Å². The van der Waals surface area contributed by atoms with Crippen molar-refractivity contribution < 1.29 is 19.5 Å². The van der Waals surface area contributed by atoms with Gasteiger partial charge in [0, 0.05) is 18.0 Å². The minimum atomic E-state index is -1.13. The third kappa shape index (κ3) is 2.26. The number of imide groups is 1. The van der Waals surface area contributed by atoms with E-state index in [1.54, 1.807) is 12.1 Å². The molecular formula is C15H12N2O5. The number of carboxylic acids is 1. The summed E-state index contributed by atoms with van der Waals surface area (Å²) in [4.78, 5) is 46.6. The molecule has 1 atom stereocenters. The first-order valence-electron chi connectivity index (χ1n) is 6.69. The third-order valence-corrected chi connectivity index (χ3v) is 3.73. The van der Waals surface area contributed by atoms with Crippen molar-refractivity contribution in [2.75, 3.05) is 0 Å². The standard InChI is InChI=1S/C15H12N2O5/c18-12-4-3-11(13(19)16-12)17-6-5-8-1-2-9(15(21)22)7-10(8)14(17)20/h1-2,5-7,11H,3-4H2,(H,21,22)(H,16,18,19). The molecule has 0 saturated carbocycles. The number of nitrogens with one attached hydrogen (secondary N) is 1. The van der Waals surface area contributed by atoms with Crippen LogP contribution in [0.1, 0.15) is 29.2 Å². The monoisotopic (exact) mass is 300 g/mol. The second-order valence-corrected chi connectivity index (χ2v) is 5.10. The maximum atomic E-state index is 12.5. The van der Waals surface area contributed by atoms with Gasteiger partial charge in [-0.25, -0.2) is 4.79 Å². The van der Waals surface area contributed by atoms with Gasteiger partial charge in [0.1, 0.15) is 6.04 Å². The van der Waals surface area contributed by atoms with Gasteiger partial charge in [0.2, 0.25) is 11.8 Å². The lowest BCUT2D eigenvalue weighted by Crippen LogP contribution is -2.44. The Labute approximate surface area is 124 Å². The number of aromatic carboxylic acids is 1. The summed E-state index contributed by atoms with van der Waals surface area (Å²) in [7, 11) is 0. The van der Waals surface area contributed by atoms with Gasteiger partial charge in [-0.05, 0) is 30.0 Å². The molecule has 2 amide bonds. The fraction of sp³-hybridized carbons (Fsp3) is 0.200. The van der Waals surface area contributed by atoms with Gasteiger partial charge >= 0.3 is 5.97 Å². The van der Waals surface area contributed by atoms with Crippen molar-refractivity contribution >= 4 is 28.6 Å². The van der Waals surface area contributed by atoms with E-state index in [0.29, 0.717) is 5.39 Å². The molecule has 2 heterocycles. The third-order valence-electron chi connectivity index (χ3n) is 3.73. The van der Waals surface area contributed by atoms with Crippen LogP contribution < -0.4 is 10.9 Å². The zero-order valence-corrected chi connectivity index (χ0v) is 11.4. The summed E-state index contributed by atoms with van der Waals surface area (Å²) in [6.07, 6.45) is 1.90. The van der Waals surface area contributed by atoms with Gasteiger partial charge in [-0.1, -0.05) is 6.07 Å². The van der Waals surface area contributed by atoms with Crippen molar-refractivity contribution in [1.29, 1.82) is 0 Å². The van der Waals surface area contributed by atoms with Crippen LogP contribution in [-0.4, -0.2) is 27.5 Å². The van der Waals surface area contributed by atoms with E-state index >= 15 is 0 Å². The Morgan fingerprint density at radius 2 is 2.00 bits per heavy atom. The van der Waals surface area contributed by atoms with E-state index in [-0.39, 0.29) is 29.7 Å². The molecule has 22 heavy (non-hydrogen) atoms. The number of amides is 2. The summed E-state index contributed by atoms with van der Waals surface area (Å²) >= 11 is 0. The number of pyridine rings is 1. The SMILES string of the molecule is O=C1CCC(n2ccc3ccc(C(=O)O)cc3c2=O)C(=O)N1. The number of aromatic nitrogens is 1. The molecule has 3 rings (SSSR count). The Morgan fingerprint density at radius 3 is 2.68 bits per heavy atom. The lowest BCUT2D eigenvalue weighted by molar-refractivity contribution is -0.135. The van der Waals surface area contributed by atoms with Crippen molar-refractivity contribution in [2.45, 2.75) is 18.9 Å². The maximum Gasteiger partial charge on any atom is 0.335 e. The molecule has 1 saturated heterocycles. The predicted octanol–water partition coefficient (Wildman–Crippen LogP) is 0.677. The fourth-order valence-electron chi connectivity index (χ4n) is 2.58. The number of carbonyl (C=O) groups excluding carboxylic acids is 2.